The van der Waals surface area contributed by atoms with Gasteiger partial charge in [0.1, 0.15) is 0 Å². The monoisotopic (exact) mass is 363 g/mol. The van der Waals surface area contributed by atoms with Crippen LogP contribution < -0.4 is 0 Å². The second-order valence-corrected chi connectivity index (χ2v) is 7.35. The summed E-state index contributed by atoms with van der Waals surface area (Å²) in [6.45, 7) is 0.636. The normalized spacial score (nSPS) is 18.9. The van der Waals surface area contributed by atoms with E-state index < -0.39 is 0 Å². The van der Waals surface area contributed by atoms with Gasteiger partial charge in [0.25, 0.3) is 0 Å². The standard InChI is InChI=1S/C26H21NO/c28-26-24(21-13-5-2-6-14-21)25(27(26)18-19-10-3-1-4-11-19)23-17-9-15-20-12-7-8-16-22(20)23/h1-17,24-25H,18H2/t24-,25-/m1/s1. The molecule has 0 bridgehead atoms. The molecule has 1 amide bonds. The number of likely N-dealkylation sites (tertiary alicyclic amines) is 1. The molecule has 2 atom stereocenters. The van der Waals surface area contributed by atoms with Gasteiger partial charge in [-0.15, -0.1) is 0 Å². The van der Waals surface area contributed by atoms with Crippen LogP contribution in [0.3, 0.4) is 0 Å². The van der Waals surface area contributed by atoms with Crippen LogP contribution in [0.4, 0.5) is 0 Å². The van der Waals surface area contributed by atoms with Gasteiger partial charge < -0.3 is 4.90 Å². The van der Waals surface area contributed by atoms with E-state index in [2.05, 4.69) is 66.7 Å². The van der Waals surface area contributed by atoms with E-state index >= 15 is 0 Å². The molecule has 1 fully saturated rings. The van der Waals surface area contributed by atoms with Gasteiger partial charge in [0.15, 0.2) is 0 Å². The smallest absolute Gasteiger partial charge is 0.233 e. The zero-order valence-electron chi connectivity index (χ0n) is 15.5. The van der Waals surface area contributed by atoms with Crippen LogP contribution in [0.15, 0.2) is 103 Å². The zero-order chi connectivity index (χ0) is 18.9. The van der Waals surface area contributed by atoms with Crippen molar-refractivity contribution in [2.75, 3.05) is 0 Å². The Balaban J connectivity index is 1.61. The summed E-state index contributed by atoms with van der Waals surface area (Å²) in [6, 6.07) is 35.3. The lowest BCUT2D eigenvalue weighted by Gasteiger charge is -2.48. The maximum Gasteiger partial charge on any atom is 0.233 e. The minimum atomic E-state index is -0.129. The van der Waals surface area contributed by atoms with E-state index in [0.717, 1.165) is 11.1 Å². The number of carbonyl (C=O) groups excluding carboxylic acids is 1. The molecule has 2 heteroatoms. The summed E-state index contributed by atoms with van der Waals surface area (Å²) >= 11 is 0. The average Bonchev–Trinajstić information content (AvgIpc) is 2.76. The third kappa shape index (κ3) is 2.78. The first-order valence-corrected chi connectivity index (χ1v) is 9.70. The van der Waals surface area contributed by atoms with Crippen LogP contribution in [0.2, 0.25) is 0 Å². The van der Waals surface area contributed by atoms with Gasteiger partial charge in [-0.3, -0.25) is 4.79 Å². The Labute approximate surface area is 165 Å². The zero-order valence-corrected chi connectivity index (χ0v) is 15.5. The van der Waals surface area contributed by atoms with Crippen molar-refractivity contribution in [2.45, 2.75) is 18.5 Å². The minimum Gasteiger partial charge on any atom is -0.330 e. The Morgan fingerprint density at radius 1 is 0.679 bits per heavy atom. The van der Waals surface area contributed by atoms with Gasteiger partial charge in [-0.1, -0.05) is 103 Å². The van der Waals surface area contributed by atoms with Crippen LogP contribution in [-0.2, 0) is 11.3 Å². The van der Waals surface area contributed by atoms with Crippen LogP contribution in [0.1, 0.15) is 28.7 Å². The minimum absolute atomic E-state index is 0.0428. The van der Waals surface area contributed by atoms with E-state index in [-0.39, 0.29) is 17.9 Å². The highest BCUT2D eigenvalue weighted by molar-refractivity contribution is 5.95. The third-order valence-corrected chi connectivity index (χ3v) is 5.70. The van der Waals surface area contributed by atoms with Crippen LogP contribution in [0, 0.1) is 0 Å². The van der Waals surface area contributed by atoms with Crippen molar-refractivity contribution >= 4 is 16.7 Å². The van der Waals surface area contributed by atoms with E-state index in [9.17, 15) is 4.79 Å². The summed E-state index contributed by atoms with van der Waals surface area (Å²) < 4.78 is 0. The van der Waals surface area contributed by atoms with Gasteiger partial charge in [-0.05, 0) is 27.5 Å². The predicted molar refractivity (Wildman–Crippen MR) is 113 cm³/mol. The number of fused-ring (bicyclic) bond motifs is 1. The molecule has 0 unspecified atom stereocenters. The van der Waals surface area contributed by atoms with Gasteiger partial charge in [0.05, 0.1) is 12.0 Å². The molecule has 0 saturated carbocycles. The van der Waals surface area contributed by atoms with Gasteiger partial charge in [-0.25, -0.2) is 0 Å². The largest absolute Gasteiger partial charge is 0.330 e. The number of hydrogen-bond acceptors (Lipinski definition) is 1. The molecule has 28 heavy (non-hydrogen) atoms. The number of nitrogens with zero attached hydrogens (tertiary/aromatic N) is 1. The fourth-order valence-electron chi connectivity index (χ4n) is 4.35. The molecule has 1 aliphatic rings. The molecule has 0 spiro atoms. The summed E-state index contributed by atoms with van der Waals surface area (Å²) in [5.41, 5.74) is 3.48. The molecule has 1 saturated heterocycles. The van der Waals surface area contributed by atoms with Crippen molar-refractivity contribution in [2.24, 2.45) is 0 Å². The van der Waals surface area contributed by atoms with E-state index in [0.29, 0.717) is 6.54 Å². The summed E-state index contributed by atoms with van der Waals surface area (Å²) in [4.78, 5) is 15.2. The lowest BCUT2D eigenvalue weighted by atomic mass is 9.76. The van der Waals surface area contributed by atoms with Crippen molar-refractivity contribution in [3.63, 3.8) is 0 Å². The third-order valence-electron chi connectivity index (χ3n) is 5.70. The maximum absolute atomic E-state index is 13.2. The Morgan fingerprint density at radius 3 is 2.11 bits per heavy atom. The Bertz CT molecular complexity index is 1120. The molecular formula is C26H21NO. The topological polar surface area (TPSA) is 20.3 Å². The SMILES string of the molecule is O=C1[C@H](c2ccccc2)[C@@H](c2cccc3ccccc23)N1Cc1ccccc1. The molecule has 0 aliphatic carbocycles. The molecule has 5 rings (SSSR count). The van der Waals surface area contributed by atoms with Crippen LogP contribution in [0.25, 0.3) is 10.8 Å². The summed E-state index contributed by atoms with van der Waals surface area (Å²) in [7, 11) is 0. The summed E-state index contributed by atoms with van der Waals surface area (Å²) in [6.07, 6.45) is 0. The highest BCUT2D eigenvalue weighted by atomic mass is 16.2. The number of amides is 1. The Hall–Kier alpha value is -3.39. The molecule has 1 aliphatic heterocycles. The molecule has 4 aromatic rings. The molecule has 1 heterocycles. The molecule has 0 radical (unpaired) electrons. The lowest BCUT2D eigenvalue weighted by molar-refractivity contribution is -0.151. The second-order valence-electron chi connectivity index (χ2n) is 7.35. The van der Waals surface area contributed by atoms with Crippen LogP contribution >= 0.6 is 0 Å². The molecule has 0 N–H and O–H groups in total. The summed E-state index contributed by atoms with van der Waals surface area (Å²) in [5, 5.41) is 2.44. The molecular weight excluding hydrogens is 342 g/mol. The molecule has 136 valence electrons. The van der Waals surface area contributed by atoms with Gasteiger partial charge in [-0.2, -0.15) is 0 Å². The van der Waals surface area contributed by atoms with Crippen molar-refractivity contribution < 1.29 is 4.79 Å². The van der Waals surface area contributed by atoms with E-state index in [1.807, 2.05) is 41.3 Å². The van der Waals surface area contributed by atoms with E-state index in [1.165, 1.54) is 16.3 Å². The molecule has 4 aromatic carbocycles. The predicted octanol–water partition coefficient (Wildman–Crippen LogP) is 5.71. The molecule has 0 aromatic heterocycles. The van der Waals surface area contributed by atoms with Crippen molar-refractivity contribution in [1.29, 1.82) is 0 Å². The number of rotatable bonds is 4. The fraction of sp³-hybridized carbons (Fsp3) is 0.115. The second kappa shape index (κ2) is 6.97. The first kappa shape index (κ1) is 16.8. The van der Waals surface area contributed by atoms with E-state index in [1.54, 1.807) is 0 Å². The van der Waals surface area contributed by atoms with Gasteiger partial charge in [0.2, 0.25) is 5.91 Å². The quantitative estimate of drug-likeness (QED) is 0.426. The summed E-state index contributed by atoms with van der Waals surface area (Å²) in [5.74, 6) is 0.0729. The van der Waals surface area contributed by atoms with Gasteiger partial charge in [0, 0.05) is 6.54 Å². The lowest BCUT2D eigenvalue weighted by Crippen LogP contribution is -2.52. The van der Waals surface area contributed by atoms with Gasteiger partial charge >= 0.3 is 0 Å². The highest BCUT2D eigenvalue weighted by Gasteiger charge is 2.48. The highest BCUT2D eigenvalue weighted by Crippen LogP contribution is 2.48. The first-order valence-electron chi connectivity index (χ1n) is 9.70. The van der Waals surface area contributed by atoms with Crippen molar-refractivity contribution in [3.05, 3.63) is 120 Å². The number of β-lactam (4-membered cyclic amide) rings is 1. The number of hydrogen-bond donors (Lipinski definition) is 0. The average molecular weight is 363 g/mol. The number of carbonyl (C=O) groups is 1. The molecule has 2 nitrogen and oxygen atoms in total. The Morgan fingerprint density at radius 2 is 1.32 bits per heavy atom. The van der Waals surface area contributed by atoms with Crippen molar-refractivity contribution in [1.82, 2.24) is 4.90 Å². The fourth-order valence-corrected chi connectivity index (χ4v) is 4.35. The Kier molecular flexibility index (Phi) is 4.17. The maximum atomic E-state index is 13.2. The van der Waals surface area contributed by atoms with Crippen LogP contribution in [-0.4, -0.2) is 10.8 Å². The number of benzene rings is 4. The van der Waals surface area contributed by atoms with E-state index in [4.69, 9.17) is 0 Å². The first-order chi connectivity index (χ1) is 13.8. The van der Waals surface area contributed by atoms with Crippen molar-refractivity contribution in [3.8, 4) is 0 Å². The van der Waals surface area contributed by atoms with Crippen LogP contribution in [0.5, 0.6) is 0 Å².